The molecule has 1 aliphatic rings. The number of alkyl halides is 1. The topological polar surface area (TPSA) is 54.2 Å². The van der Waals surface area contributed by atoms with Crippen molar-refractivity contribution in [3.63, 3.8) is 0 Å². The zero-order valence-corrected chi connectivity index (χ0v) is 9.93. The molecule has 17 heavy (non-hydrogen) atoms. The van der Waals surface area contributed by atoms with E-state index >= 15 is 0 Å². The number of halogens is 1. The van der Waals surface area contributed by atoms with Gasteiger partial charge in [0.1, 0.15) is 12.4 Å². The van der Waals surface area contributed by atoms with Crippen LogP contribution in [0.5, 0.6) is 0 Å². The molecule has 5 nitrogen and oxygen atoms in total. The van der Waals surface area contributed by atoms with E-state index in [4.69, 9.17) is 5.11 Å². The average molecular weight is 242 g/mol. The van der Waals surface area contributed by atoms with Gasteiger partial charge in [-0.15, -0.1) is 5.10 Å². The summed E-state index contributed by atoms with van der Waals surface area (Å²) in [7, 11) is 0. The van der Waals surface area contributed by atoms with Crippen molar-refractivity contribution in [1.29, 1.82) is 0 Å². The summed E-state index contributed by atoms with van der Waals surface area (Å²) in [5.41, 5.74) is 0.599. The van der Waals surface area contributed by atoms with Crippen molar-refractivity contribution in [3.05, 3.63) is 11.9 Å². The van der Waals surface area contributed by atoms with E-state index in [1.165, 1.54) is 0 Å². The van der Waals surface area contributed by atoms with Crippen LogP contribution in [0.25, 0.3) is 0 Å². The number of hydrogen-bond acceptors (Lipinski definition) is 4. The lowest BCUT2D eigenvalue weighted by molar-refractivity contribution is 0.150. The van der Waals surface area contributed by atoms with Gasteiger partial charge in [0.15, 0.2) is 0 Å². The SMILES string of the molecule is OCc1cn(C[C@H]2CCCN(CCF)C2)nn1. The molecule has 1 N–H and O–H groups in total. The average Bonchev–Trinajstić information content (AvgIpc) is 2.78. The molecule has 96 valence electrons. The van der Waals surface area contributed by atoms with Crippen molar-refractivity contribution in [3.8, 4) is 0 Å². The van der Waals surface area contributed by atoms with Crippen molar-refractivity contribution < 1.29 is 9.50 Å². The number of hydrogen-bond donors (Lipinski definition) is 1. The van der Waals surface area contributed by atoms with E-state index in [-0.39, 0.29) is 13.3 Å². The summed E-state index contributed by atoms with van der Waals surface area (Å²) in [5, 5.41) is 16.7. The summed E-state index contributed by atoms with van der Waals surface area (Å²) in [6.07, 6.45) is 4.04. The van der Waals surface area contributed by atoms with Gasteiger partial charge in [-0.05, 0) is 25.3 Å². The highest BCUT2D eigenvalue weighted by atomic mass is 19.1. The van der Waals surface area contributed by atoms with Crippen molar-refractivity contribution in [2.75, 3.05) is 26.3 Å². The number of aliphatic hydroxyl groups excluding tert-OH is 1. The van der Waals surface area contributed by atoms with E-state index in [0.29, 0.717) is 18.2 Å². The molecule has 1 saturated heterocycles. The first-order valence-electron chi connectivity index (χ1n) is 6.10. The predicted molar refractivity (Wildman–Crippen MR) is 61.1 cm³/mol. The molecule has 0 radical (unpaired) electrons. The normalized spacial score (nSPS) is 21.9. The maximum absolute atomic E-state index is 12.3. The molecule has 0 aromatic carbocycles. The Hall–Kier alpha value is -1.01. The lowest BCUT2D eigenvalue weighted by Gasteiger charge is -2.31. The zero-order chi connectivity index (χ0) is 12.1. The van der Waals surface area contributed by atoms with E-state index in [2.05, 4.69) is 15.2 Å². The number of rotatable bonds is 5. The first-order valence-corrected chi connectivity index (χ1v) is 6.10. The van der Waals surface area contributed by atoms with Gasteiger partial charge in [-0.25, -0.2) is 4.39 Å². The van der Waals surface area contributed by atoms with Gasteiger partial charge < -0.3 is 10.0 Å². The summed E-state index contributed by atoms with van der Waals surface area (Å²) in [6.45, 7) is 2.92. The summed E-state index contributed by atoms with van der Waals surface area (Å²) in [4.78, 5) is 2.16. The lowest BCUT2D eigenvalue weighted by atomic mass is 9.98. The second kappa shape index (κ2) is 6.07. The molecule has 0 saturated carbocycles. The Kier molecular flexibility index (Phi) is 4.44. The van der Waals surface area contributed by atoms with Crippen LogP contribution in [0.15, 0.2) is 6.20 Å². The van der Waals surface area contributed by atoms with Gasteiger partial charge in [0, 0.05) is 19.6 Å². The van der Waals surface area contributed by atoms with Crippen molar-refractivity contribution in [1.82, 2.24) is 19.9 Å². The monoisotopic (exact) mass is 242 g/mol. The van der Waals surface area contributed by atoms with Gasteiger partial charge in [-0.2, -0.15) is 0 Å². The molecule has 1 aromatic heterocycles. The van der Waals surface area contributed by atoms with Crippen molar-refractivity contribution in [2.45, 2.75) is 26.0 Å². The molecule has 0 aliphatic carbocycles. The maximum Gasteiger partial charge on any atom is 0.108 e. The summed E-state index contributed by atoms with van der Waals surface area (Å²) >= 11 is 0. The molecule has 0 amide bonds. The Labute approximate surface area is 100 Å². The van der Waals surface area contributed by atoms with Crippen LogP contribution in [0.3, 0.4) is 0 Å². The first-order chi connectivity index (χ1) is 8.31. The molecule has 6 heteroatoms. The Bertz CT molecular complexity index is 342. The molecular weight excluding hydrogens is 223 g/mol. The van der Waals surface area contributed by atoms with E-state index in [9.17, 15) is 4.39 Å². The summed E-state index contributed by atoms with van der Waals surface area (Å²) in [5.74, 6) is 0.503. The molecule has 1 fully saturated rings. The number of nitrogens with zero attached hydrogens (tertiary/aromatic N) is 4. The lowest BCUT2D eigenvalue weighted by Crippen LogP contribution is -2.38. The highest BCUT2D eigenvalue weighted by Crippen LogP contribution is 2.17. The first kappa shape index (κ1) is 12.4. The van der Waals surface area contributed by atoms with E-state index in [1.807, 2.05) is 0 Å². The van der Waals surface area contributed by atoms with Gasteiger partial charge >= 0.3 is 0 Å². The van der Waals surface area contributed by atoms with Crippen LogP contribution < -0.4 is 0 Å². The molecule has 0 unspecified atom stereocenters. The number of likely N-dealkylation sites (tertiary alicyclic amines) is 1. The van der Waals surface area contributed by atoms with Gasteiger partial charge in [-0.3, -0.25) is 4.68 Å². The largest absolute Gasteiger partial charge is 0.390 e. The van der Waals surface area contributed by atoms with Crippen LogP contribution >= 0.6 is 0 Å². The Morgan fingerprint density at radius 1 is 1.53 bits per heavy atom. The van der Waals surface area contributed by atoms with Gasteiger partial charge in [0.25, 0.3) is 0 Å². The quantitative estimate of drug-likeness (QED) is 0.814. The highest BCUT2D eigenvalue weighted by Gasteiger charge is 2.20. The fourth-order valence-corrected chi connectivity index (χ4v) is 2.39. The second-order valence-corrected chi connectivity index (χ2v) is 4.59. The van der Waals surface area contributed by atoms with Crippen molar-refractivity contribution >= 4 is 0 Å². The maximum atomic E-state index is 12.3. The van der Waals surface area contributed by atoms with Gasteiger partial charge in [-0.1, -0.05) is 5.21 Å². The third-order valence-corrected chi connectivity index (χ3v) is 3.20. The molecular formula is C11H19FN4O. The Morgan fingerprint density at radius 3 is 3.12 bits per heavy atom. The van der Waals surface area contributed by atoms with Crippen LogP contribution in [-0.2, 0) is 13.2 Å². The minimum absolute atomic E-state index is 0.0708. The molecule has 2 rings (SSSR count). The van der Waals surface area contributed by atoms with Crippen LogP contribution in [0.1, 0.15) is 18.5 Å². The highest BCUT2D eigenvalue weighted by molar-refractivity contribution is 4.89. The second-order valence-electron chi connectivity index (χ2n) is 4.59. The van der Waals surface area contributed by atoms with Crippen LogP contribution in [-0.4, -0.2) is 51.3 Å². The smallest absolute Gasteiger partial charge is 0.108 e. The minimum Gasteiger partial charge on any atom is -0.390 e. The van der Waals surface area contributed by atoms with E-state index in [1.54, 1.807) is 10.9 Å². The predicted octanol–water partition coefficient (Wildman–Crippen LogP) is 0.452. The fourth-order valence-electron chi connectivity index (χ4n) is 2.39. The van der Waals surface area contributed by atoms with Crippen LogP contribution in [0.4, 0.5) is 4.39 Å². The van der Waals surface area contributed by atoms with Crippen LogP contribution in [0.2, 0.25) is 0 Å². The third kappa shape index (κ3) is 3.47. The molecule has 0 bridgehead atoms. The van der Waals surface area contributed by atoms with Gasteiger partial charge in [0.2, 0.25) is 0 Å². The molecule has 2 heterocycles. The zero-order valence-electron chi connectivity index (χ0n) is 9.93. The molecule has 1 atom stereocenters. The van der Waals surface area contributed by atoms with E-state index in [0.717, 1.165) is 32.5 Å². The van der Waals surface area contributed by atoms with Crippen molar-refractivity contribution in [2.24, 2.45) is 5.92 Å². The number of aliphatic hydroxyl groups is 1. The van der Waals surface area contributed by atoms with Gasteiger partial charge in [0.05, 0.1) is 12.8 Å². The Balaban J connectivity index is 1.85. The standard InChI is InChI=1S/C11H19FN4O/c12-3-5-15-4-1-2-10(6-15)7-16-8-11(9-17)13-14-16/h8,10,17H,1-7,9H2/t10-/m0/s1. The van der Waals surface area contributed by atoms with E-state index < -0.39 is 0 Å². The third-order valence-electron chi connectivity index (χ3n) is 3.20. The summed E-state index contributed by atoms with van der Waals surface area (Å²) in [6, 6.07) is 0. The fraction of sp³-hybridized carbons (Fsp3) is 0.818. The number of piperidine rings is 1. The van der Waals surface area contributed by atoms with Crippen LogP contribution in [0, 0.1) is 5.92 Å². The minimum atomic E-state index is -0.273. The summed E-state index contributed by atoms with van der Waals surface area (Å²) < 4.78 is 14.1. The number of aromatic nitrogens is 3. The molecule has 0 spiro atoms. The molecule has 1 aromatic rings. The Morgan fingerprint density at radius 2 is 2.41 bits per heavy atom. The molecule has 1 aliphatic heterocycles.